The molecule has 1 aromatic heterocycles. The first-order valence-corrected chi connectivity index (χ1v) is 27.1. The number of halogens is 1. The van der Waals surface area contributed by atoms with E-state index in [0.29, 0.717) is 42.7 Å². The smallest absolute Gasteiger partial charge is 0.408 e. The summed E-state index contributed by atoms with van der Waals surface area (Å²) in [5, 5.41) is 22.7. The second-order valence-electron chi connectivity index (χ2n) is 22.1. The molecule has 7 N–H and O–H groups in total. The lowest BCUT2D eigenvalue weighted by Crippen LogP contribution is -2.57. The van der Waals surface area contributed by atoms with Crippen molar-refractivity contribution in [3.8, 4) is 16.2 Å². The van der Waals surface area contributed by atoms with Crippen LogP contribution in [0.25, 0.3) is 10.4 Å². The van der Waals surface area contributed by atoms with Crippen LogP contribution in [-0.2, 0) is 52.8 Å². The summed E-state index contributed by atoms with van der Waals surface area (Å²) in [5.41, 5.74) is 11.7. The van der Waals surface area contributed by atoms with E-state index in [1.165, 1.54) is 9.80 Å². The number of β-amino-alcohol motifs (C(OH)–C–C–N with tert-alkyl or cyclic N) is 1. The van der Waals surface area contributed by atoms with Crippen molar-refractivity contribution in [2.24, 2.45) is 11.1 Å². The zero-order valence-electron chi connectivity index (χ0n) is 44.5. The van der Waals surface area contributed by atoms with E-state index in [1.807, 2.05) is 77.1 Å². The Labute approximate surface area is 453 Å². The van der Waals surface area contributed by atoms with Crippen LogP contribution in [0.2, 0.25) is 5.02 Å². The number of benzene rings is 3. The van der Waals surface area contributed by atoms with Gasteiger partial charge in [0, 0.05) is 32.2 Å². The number of likely N-dealkylation sites (tertiary alicyclic amines) is 1. The summed E-state index contributed by atoms with van der Waals surface area (Å²) in [5.74, 6) is -2.44. The topological polar surface area (TPSA) is 252 Å². The molecular weight excluding hydrogens is 1010 g/mol. The van der Waals surface area contributed by atoms with Crippen molar-refractivity contribution < 1.29 is 48.1 Å². The molecule has 1 fully saturated rings. The number of alkyl carbamates (subject to hydrolysis) is 1. The molecule has 3 aliphatic rings. The number of para-hydroxylation sites is 1. The summed E-state index contributed by atoms with van der Waals surface area (Å²) in [6, 6.07) is 13.8. The monoisotopic (exact) mass is 1080 g/mol. The van der Waals surface area contributed by atoms with Crippen molar-refractivity contribution in [3.63, 3.8) is 0 Å². The van der Waals surface area contributed by atoms with Crippen molar-refractivity contribution in [1.82, 2.24) is 31.2 Å². The molecule has 0 radical (unpaired) electrons. The number of nitrogens with one attached hydrogen (secondary N) is 4. The molecule has 0 saturated carbocycles. The summed E-state index contributed by atoms with van der Waals surface area (Å²) >= 11 is 8.46. The van der Waals surface area contributed by atoms with Gasteiger partial charge in [0.15, 0.2) is 0 Å². The summed E-state index contributed by atoms with van der Waals surface area (Å²) in [7, 11) is 0. The van der Waals surface area contributed by atoms with Gasteiger partial charge < -0.3 is 46.5 Å². The third-order valence-corrected chi connectivity index (χ3v) is 15.3. The molecule has 7 rings (SSSR count). The number of primary amides is 1. The van der Waals surface area contributed by atoms with Crippen LogP contribution >= 0.6 is 22.9 Å². The highest BCUT2D eigenvalue weighted by molar-refractivity contribution is 7.13. The van der Waals surface area contributed by atoms with Crippen LogP contribution in [0.1, 0.15) is 121 Å². The van der Waals surface area contributed by atoms with E-state index in [0.717, 1.165) is 32.8 Å². The maximum absolute atomic E-state index is 14.3. The highest BCUT2D eigenvalue weighted by atomic mass is 35.5. The molecule has 20 heteroatoms. The number of nitrogens with zero attached hydrogens (tertiary/aromatic N) is 3. The van der Waals surface area contributed by atoms with Crippen molar-refractivity contribution in [1.29, 1.82) is 0 Å². The standard InChI is InChI=1S/C56H71ClN8O10S/c1-31(33-18-20-36(21-19-33)48-32(2)59-30-76-48)60-50(69)41-27-39(66)28-64(41)53(72)49(55(3,4)5)63-45(68)17-11-13-34-12-10-16-43(46(34)57)74-29-38(23-25-44(58)67)61-51(70)42-26-37-15-9-14-35-22-24-40(52(71)65(42)47(35)37)62-54(73)75-56(6,7)8/h9-10,12,14-16,18-21,30-31,38-42,49,66H,11,13,17,22-29H2,1-8H3,(H2,58,67)(H,60,69)(H,61,70)(H,62,73)(H,63,68)/t31-,38-,39+,40-,41-,42-,49+/m0/s1. The first kappa shape index (κ1) is 57.1. The summed E-state index contributed by atoms with van der Waals surface area (Å²) in [6.07, 6.45) is 0.240. The molecule has 0 unspecified atom stereocenters. The SMILES string of the molecule is Cc1ncsc1-c1ccc([C@H](C)NC(=O)[C@@H]2C[C@@H](O)CN2C(=O)[C@@H](NC(=O)CCCc2cccc(OC[C@H](CCC(N)=O)NC(=O)[C@@H]3Cc4cccc5c4N3C(=O)[C@@H](NC(=O)OC(C)(C)C)CC5)c2Cl)C(C)(C)C)cc1. The molecule has 7 amide bonds. The third-order valence-electron chi connectivity index (χ3n) is 13.9. The molecule has 408 valence electrons. The number of carbonyl (C=O) groups is 7. The fourth-order valence-corrected chi connectivity index (χ4v) is 11.1. The predicted octanol–water partition coefficient (Wildman–Crippen LogP) is 6.39. The van der Waals surface area contributed by atoms with Gasteiger partial charge in [-0.25, -0.2) is 9.78 Å². The number of aliphatic hydroxyl groups is 1. The Hall–Kier alpha value is -6.57. The molecule has 18 nitrogen and oxygen atoms in total. The van der Waals surface area contributed by atoms with Gasteiger partial charge in [-0.2, -0.15) is 0 Å². The molecule has 7 atom stereocenters. The first-order valence-electron chi connectivity index (χ1n) is 25.9. The molecular formula is C56H71ClN8O10S. The van der Waals surface area contributed by atoms with Gasteiger partial charge in [0.1, 0.15) is 42.1 Å². The van der Waals surface area contributed by atoms with Crippen LogP contribution in [0.5, 0.6) is 5.75 Å². The Balaban J connectivity index is 0.944. The van der Waals surface area contributed by atoms with Gasteiger partial charge in [0.05, 0.1) is 45.0 Å². The number of aliphatic hydroxyl groups excluding tert-OH is 1. The van der Waals surface area contributed by atoms with E-state index in [4.69, 9.17) is 26.8 Å². The Morgan fingerprint density at radius 2 is 1.62 bits per heavy atom. The number of aromatic nitrogens is 1. The number of hydrogen-bond donors (Lipinski definition) is 6. The minimum absolute atomic E-state index is 0.0395. The zero-order chi connectivity index (χ0) is 55.2. The highest BCUT2D eigenvalue weighted by Gasteiger charge is 2.46. The number of aryl methyl sites for hydroxylation is 3. The maximum Gasteiger partial charge on any atom is 0.408 e. The number of hydrogen-bond acceptors (Lipinski definition) is 12. The van der Waals surface area contributed by atoms with E-state index in [2.05, 4.69) is 26.3 Å². The molecule has 3 aliphatic heterocycles. The number of carbonyl (C=O) groups excluding carboxylic acids is 7. The second kappa shape index (κ2) is 24.2. The largest absolute Gasteiger partial charge is 0.490 e. The first-order chi connectivity index (χ1) is 35.9. The van der Waals surface area contributed by atoms with Gasteiger partial charge in [-0.3, -0.25) is 33.7 Å². The second-order valence-corrected chi connectivity index (χ2v) is 23.3. The molecule has 4 aromatic rings. The third kappa shape index (κ3) is 14.1. The predicted molar refractivity (Wildman–Crippen MR) is 289 cm³/mol. The maximum atomic E-state index is 14.3. The van der Waals surface area contributed by atoms with E-state index >= 15 is 0 Å². The van der Waals surface area contributed by atoms with Crippen molar-refractivity contribution >= 4 is 70.2 Å². The summed E-state index contributed by atoms with van der Waals surface area (Å²) in [4.78, 5) is 103. The lowest BCUT2D eigenvalue weighted by Gasteiger charge is -2.35. The molecule has 1 saturated heterocycles. The van der Waals surface area contributed by atoms with Crippen molar-refractivity contribution in [2.75, 3.05) is 18.1 Å². The van der Waals surface area contributed by atoms with Crippen molar-refractivity contribution in [3.05, 3.63) is 99.1 Å². The normalized spacial score (nSPS) is 19.4. The Morgan fingerprint density at radius 3 is 2.29 bits per heavy atom. The fourth-order valence-electron chi connectivity index (χ4n) is 9.97. The summed E-state index contributed by atoms with van der Waals surface area (Å²) in [6.45, 7) is 14.3. The van der Waals surface area contributed by atoms with Gasteiger partial charge in [-0.1, -0.05) is 87.0 Å². The van der Waals surface area contributed by atoms with Gasteiger partial charge in [0.25, 0.3) is 0 Å². The van der Waals surface area contributed by atoms with Crippen LogP contribution in [0.4, 0.5) is 10.5 Å². The van der Waals surface area contributed by atoms with Crippen LogP contribution in [0.15, 0.2) is 66.2 Å². The average Bonchev–Trinajstić information content (AvgIpc) is 4.06. The lowest BCUT2D eigenvalue weighted by molar-refractivity contribution is -0.144. The van der Waals surface area contributed by atoms with E-state index in [9.17, 15) is 38.7 Å². The molecule has 0 bridgehead atoms. The van der Waals surface area contributed by atoms with Gasteiger partial charge in [-0.15, -0.1) is 11.3 Å². The van der Waals surface area contributed by atoms with Gasteiger partial charge >= 0.3 is 6.09 Å². The number of anilines is 1. The van der Waals surface area contributed by atoms with E-state index < -0.39 is 83.0 Å². The molecule has 0 aliphatic carbocycles. The lowest BCUT2D eigenvalue weighted by atomic mass is 9.85. The fraction of sp³-hybridized carbons (Fsp3) is 0.500. The highest BCUT2D eigenvalue weighted by Crippen LogP contribution is 2.40. The molecule has 76 heavy (non-hydrogen) atoms. The molecule has 3 aromatic carbocycles. The average molecular weight is 1080 g/mol. The molecule has 0 spiro atoms. The van der Waals surface area contributed by atoms with Crippen LogP contribution in [-0.4, -0.2) is 112 Å². The van der Waals surface area contributed by atoms with E-state index in [-0.39, 0.29) is 62.2 Å². The van der Waals surface area contributed by atoms with Crippen LogP contribution in [0, 0.1) is 12.3 Å². The number of ether oxygens (including phenoxy) is 2. The molecule has 4 heterocycles. The number of amides is 7. The Bertz CT molecular complexity index is 2810. The number of nitrogens with two attached hydrogens (primary N) is 1. The summed E-state index contributed by atoms with van der Waals surface area (Å²) < 4.78 is 11.6. The minimum atomic E-state index is -1.01. The van der Waals surface area contributed by atoms with Crippen molar-refractivity contribution in [2.45, 2.75) is 161 Å². The minimum Gasteiger partial charge on any atom is -0.490 e. The number of thiazole rings is 1. The van der Waals surface area contributed by atoms with Crippen LogP contribution < -0.4 is 36.6 Å². The van der Waals surface area contributed by atoms with Crippen LogP contribution in [0.3, 0.4) is 0 Å². The van der Waals surface area contributed by atoms with Gasteiger partial charge in [-0.05, 0) is 106 Å². The van der Waals surface area contributed by atoms with Gasteiger partial charge in [0.2, 0.25) is 35.4 Å². The zero-order valence-corrected chi connectivity index (χ0v) is 46.1. The quantitative estimate of drug-likeness (QED) is 0.0600. The number of rotatable bonds is 19. The van der Waals surface area contributed by atoms with E-state index in [1.54, 1.807) is 55.8 Å². The Morgan fingerprint density at radius 1 is 0.921 bits per heavy atom. The Kier molecular flexibility index (Phi) is 18.2.